The molecule has 0 saturated heterocycles. The van der Waals surface area contributed by atoms with Crippen LogP contribution in [0.4, 0.5) is 0 Å². The van der Waals surface area contributed by atoms with Crippen LogP contribution in [0.3, 0.4) is 0 Å². The highest BCUT2D eigenvalue weighted by Gasteiger charge is 2.19. The van der Waals surface area contributed by atoms with Gasteiger partial charge in [-0.1, -0.05) is 4.49 Å². The van der Waals surface area contributed by atoms with Crippen molar-refractivity contribution in [2.45, 2.75) is 26.3 Å². The summed E-state index contributed by atoms with van der Waals surface area (Å²) in [6.45, 7) is 4.55. The number of amides is 1. The zero-order chi connectivity index (χ0) is 11.3. The number of aromatic nitrogens is 2. The van der Waals surface area contributed by atoms with Crippen LogP contribution < -0.4 is 0 Å². The minimum absolute atomic E-state index is 0.0616. The van der Waals surface area contributed by atoms with E-state index in [0.29, 0.717) is 17.8 Å². The Bertz CT molecular complexity index is 300. The van der Waals surface area contributed by atoms with Gasteiger partial charge in [0.25, 0.3) is 5.91 Å². The molecule has 0 aliphatic rings. The van der Waals surface area contributed by atoms with E-state index in [1.807, 2.05) is 13.8 Å². The van der Waals surface area contributed by atoms with Gasteiger partial charge in [0.05, 0.1) is 6.20 Å². The molecule has 0 spiro atoms. The van der Waals surface area contributed by atoms with E-state index < -0.39 is 0 Å². The van der Waals surface area contributed by atoms with Crippen LogP contribution in [0.1, 0.15) is 29.9 Å². The average Bonchev–Trinajstić information content (AvgIpc) is 2.70. The van der Waals surface area contributed by atoms with E-state index in [9.17, 15) is 4.79 Å². The van der Waals surface area contributed by atoms with Gasteiger partial charge in [0.2, 0.25) is 0 Å². The van der Waals surface area contributed by atoms with Gasteiger partial charge < -0.3 is 10.0 Å². The summed E-state index contributed by atoms with van der Waals surface area (Å²) >= 11 is 1.10. The molecule has 0 radical (unpaired) electrons. The normalized spacial score (nSPS) is 10.7. The Kier molecular flexibility index (Phi) is 4.64. The number of rotatable bonds is 5. The molecule has 1 aromatic heterocycles. The van der Waals surface area contributed by atoms with Crippen molar-refractivity contribution >= 4 is 17.4 Å². The van der Waals surface area contributed by atoms with Crippen LogP contribution in [-0.4, -0.2) is 44.7 Å². The minimum atomic E-state index is -0.0616. The standard InChI is InChI=1S/C9H15N3O2S/c1-7(2)12(4-3-5-13)9(14)8-6-10-11-15-8/h6-7,13H,3-5H2,1-2H3. The number of aliphatic hydroxyl groups is 1. The summed E-state index contributed by atoms with van der Waals surface area (Å²) in [6, 6.07) is 0.117. The van der Waals surface area contributed by atoms with Crippen LogP contribution in [-0.2, 0) is 0 Å². The second kappa shape index (κ2) is 5.77. The first-order valence-electron chi connectivity index (χ1n) is 4.86. The number of hydrogen-bond donors (Lipinski definition) is 1. The van der Waals surface area contributed by atoms with E-state index in [2.05, 4.69) is 9.59 Å². The Hall–Kier alpha value is -1.01. The Balaban J connectivity index is 2.67. The molecule has 0 aliphatic carbocycles. The van der Waals surface area contributed by atoms with Crippen molar-refractivity contribution in [2.75, 3.05) is 13.2 Å². The molecular formula is C9H15N3O2S. The second-order valence-electron chi connectivity index (χ2n) is 3.45. The van der Waals surface area contributed by atoms with Crippen molar-refractivity contribution in [2.24, 2.45) is 0 Å². The summed E-state index contributed by atoms with van der Waals surface area (Å²) in [5.74, 6) is -0.0616. The molecule has 1 rings (SSSR count). The van der Waals surface area contributed by atoms with Crippen molar-refractivity contribution in [3.63, 3.8) is 0 Å². The molecule has 0 bridgehead atoms. The van der Waals surface area contributed by atoms with E-state index in [0.717, 1.165) is 11.5 Å². The summed E-state index contributed by atoms with van der Waals surface area (Å²) < 4.78 is 3.66. The molecule has 0 aliphatic heterocycles. The Morgan fingerprint density at radius 2 is 2.40 bits per heavy atom. The molecular weight excluding hydrogens is 214 g/mol. The number of nitrogens with zero attached hydrogens (tertiary/aromatic N) is 3. The van der Waals surface area contributed by atoms with Crippen LogP contribution >= 0.6 is 11.5 Å². The van der Waals surface area contributed by atoms with Gasteiger partial charge in [-0.2, -0.15) is 0 Å². The maximum Gasteiger partial charge on any atom is 0.267 e. The maximum absolute atomic E-state index is 11.9. The Morgan fingerprint density at radius 3 is 2.87 bits per heavy atom. The monoisotopic (exact) mass is 229 g/mol. The molecule has 1 amide bonds. The lowest BCUT2D eigenvalue weighted by atomic mass is 10.2. The second-order valence-corrected chi connectivity index (χ2v) is 4.24. The zero-order valence-electron chi connectivity index (χ0n) is 8.88. The highest BCUT2D eigenvalue weighted by atomic mass is 32.1. The lowest BCUT2D eigenvalue weighted by molar-refractivity contribution is 0.0698. The first-order valence-corrected chi connectivity index (χ1v) is 5.63. The molecule has 0 saturated carbocycles. The number of carbonyl (C=O) groups excluding carboxylic acids is 1. The van der Waals surface area contributed by atoms with Crippen LogP contribution in [0.15, 0.2) is 6.20 Å². The van der Waals surface area contributed by atoms with Crippen molar-refractivity contribution in [1.29, 1.82) is 0 Å². The molecule has 0 fully saturated rings. The Labute approximate surface area is 92.9 Å². The maximum atomic E-state index is 11.9. The van der Waals surface area contributed by atoms with Crippen molar-refractivity contribution in [3.8, 4) is 0 Å². The average molecular weight is 229 g/mol. The molecule has 0 unspecified atom stereocenters. The quantitative estimate of drug-likeness (QED) is 0.810. The summed E-state index contributed by atoms with van der Waals surface area (Å²) in [6.07, 6.45) is 2.07. The SMILES string of the molecule is CC(C)N(CCCO)C(=O)c1cnns1. The molecule has 84 valence electrons. The molecule has 6 heteroatoms. The molecule has 1 heterocycles. The van der Waals surface area contributed by atoms with Crippen LogP contribution in [0.25, 0.3) is 0 Å². The lowest BCUT2D eigenvalue weighted by Crippen LogP contribution is -2.37. The van der Waals surface area contributed by atoms with E-state index in [-0.39, 0.29) is 18.6 Å². The Morgan fingerprint density at radius 1 is 1.67 bits per heavy atom. The van der Waals surface area contributed by atoms with Gasteiger partial charge in [-0.15, -0.1) is 5.10 Å². The van der Waals surface area contributed by atoms with Gasteiger partial charge in [-0.05, 0) is 31.8 Å². The van der Waals surface area contributed by atoms with Crippen molar-refractivity contribution in [3.05, 3.63) is 11.1 Å². The van der Waals surface area contributed by atoms with E-state index in [4.69, 9.17) is 5.11 Å². The number of aliphatic hydroxyl groups excluding tert-OH is 1. The highest BCUT2D eigenvalue weighted by Crippen LogP contribution is 2.10. The van der Waals surface area contributed by atoms with Crippen LogP contribution in [0.2, 0.25) is 0 Å². The van der Waals surface area contributed by atoms with Gasteiger partial charge in [-0.3, -0.25) is 4.79 Å². The first-order chi connectivity index (χ1) is 7.16. The highest BCUT2D eigenvalue weighted by molar-refractivity contribution is 7.07. The molecule has 5 nitrogen and oxygen atoms in total. The molecule has 15 heavy (non-hydrogen) atoms. The predicted molar refractivity (Wildman–Crippen MR) is 57.8 cm³/mol. The van der Waals surface area contributed by atoms with E-state index >= 15 is 0 Å². The zero-order valence-corrected chi connectivity index (χ0v) is 9.70. The third-order valence-corrected chi connectivity index (χ3v) is 2.67. The fraction of sp³-hybridized carbons (Fsp3) is 0.667. The number of carbonyl (C=O) groups is 1. The summed E-state index contributed by atoms with van der Waals surface area (Å²) in [4.78, 5) is 14.2. The fourth-order valence-corrected chi connectivity index (χ4v) is 1.71. The van der Waals surface area contributed by atoms with Gasteiger partial charge >= 0.3 is 0 Å². The third kappa shape index (κ3) is 3.24. The van der Waals surface area contributed by atoms with E-state index in [1.54, 1.807) is 4.90 Å². The third-order valence-electron chi connectivity index (χ3n) is 2.01. The smallest absolute Gasteiger partial charge is 0.267 e. The topological polar surface area (TPSA) is 66.3 Å². The van der Waals surface area contributed by atoms with Crippen molar-refractivity contribution < 1.29 is 9.90 Å². The van der Waals surface area contributed by atoms with Gasteiger partial charge in [0.15, 0.2) is 0 Å². The van der Waals surface area contributed by atoms with Gasteiger partial charge in [0, 0.05) is 19.2 Å². The number of hydrogen-bond acceptors (Lipinski definition) is 5. The summed E-state index contributed by atoms with van der Waals surface area (Å²) in [5.41, 5.74) is 0. The lowest BCUT2D eigenvalue weighted by Gasteiger charge is -2.25. The van der Waals surface area contributed by atoms with Gasteiger partial charge in [-0.25, -0.2) is 0 Å². The summed E-state index contributed by atoms with van der Waals surface area (Å²) in [7, 11) is 0. The largest absolute Gasteiger partial charge is 0.396 e. The minimum Gasteiger partial charge on any atom is -0.396 e. The molecule has 0 aromatic carbocycles. The van der Waals surface area contributed by atoms with Crippen molar-refractivity contribution in [1.82, 2.24) is 14.5 Å². The van der Waals surface area contributed by atoms with E-state index in [1.165, 1.54) is 6.20 Å². The first kappa shape index (κ1) is 12.1. The molecule has 1 N–H and O–H groups in total. The predicted octanol–water partition coefficient (Wildman–Crippen LogP) is 0.771. The fourth-order valence-electron chi connectivity index (χ4n) is 1.24. The van der Waals surface area contributed by atoms with Crippen LogP contribution in [0, 0.1) is 0 Å². The molecule has 1 aromatic rings. The van der Waals surface area contributed by atoms with Gasteiger partial charge in [0.1, 0.15) is 4.88 Å². The summed E-state index contributed by atoms with van der Waals surface area (Å²) in [5, 5.41) is 12.4. The van der Waals surface area contributed by atoms with Crippen LogP contribution in [0.5, 0.6) is 0 Å². The molecule has 0 atom stereocenters.